The number of rotatable bonds is 3. The Hall–Kier alpha value is -2.04. The molecule has 158 valence electrons. The first-order valence-electron chi connectivity index (χ1n) is 9.63. The van der Waals surface area contributed by atoms with Crippen LogP contribution in [-0.4, -0.2) is 54.1 Å². The molecule has 0 aromatic heterocycles. The third-order valence-electron chi connectivity index (χ3n) is 4.95. The molecule has 0 bridgehead atoms. The Kier molecular flexibility index (Phi) is 5.12. The molecule has 2 N–H and O–H groups in total. The molecule has 1 aromatic rings. The van der Waals surface area contributed by atoms with Crippen LogP contribution in [0.2, 0.25) is 0 Å². The van der Waals surface area contributed by atoms with Crippen molar-refractivity contribution in [3.05, 3.63) is 35.9 Å². The maximum Gasteiger partial charge on any atom is 0.270 e. The third kappa shape index (κ3) is 4.29. The number of hydrazine groups is 1. The first kappa shape index (κ1) is 20.2. The van der Waals surface area contributed by atoms with Crippen molar-refractivity contribution in [1.82, 2.24) is 10.9 Å². The molecule has 1 aromatic carbocycles. The molecular formula is C20H26N2O7. The predicted molar refractivity (Wildman–Crippen MR) is 99.0 cm³/mol. The van der Waals surface area contributed by atoms with Crippen molar-refractivity contribution in [3.8, 4) is 0 Å². The van der Waals surface area contributed by atoms with Gasteiger partial charge in [0.1, 0.15) is 18.3 Å². The van der Waals surface area contributed by atoms with Crippen LogP contribution in [0.15, 0.2) is 30.3 Å². The van der Waals surface area contributed by atoms with Gasteiger partial charge in [-0.1, -0.05) is 30.3 Å². The van der Waals surface area contributed by atoms with E-state index in [1.54, 1.807) is 27.7 Å². The van der Waals surface area contributed by atoms with Gasteiger partial charge < -0.3 is 23.7 Å². The topological polar surface area (TPSA) is 104 Å². The van der Waals surface area contributed by atoms with Crippen LogP contribution in [0.3, 0.4) is 0 Å². The summed E-state index contributed by atoms with van der Waals surface area (Å²) in [5, 5.41) is 0. The molecule has 9 heteroatoms. The van der Waals surface area contributed by atoms with E-state index in [9.17, 15) is 9.59 Å². The van der Waals surface area contributed by atoms with E-state index in [2.05, 4.69) is 10.9 Å². The van der Waals surface area contributed by atoms with Gasteiger partial charge in [-0.25, -0.2) is 0 Å². The highest BCUT2D eigenvalue weighted by Crippen LogP contribution is 2.44. The highest BCUT2D eigenvalue weighted by molar-refractivity contribution is 5.86. The van der Waals surface area contributed by atoms with E-state index in [0.717, 1.165) is 5.56 Å². The number of ether oxygens (including phenoxy) is 5. The summed E-state index contributed by atoms with van der Waals surface area (Å²) in [5.74, 6) is -2.67. The molecule has 29 heavy (non-hydrogen) atoms. The standard InChI is InChI=1S/C20H26N2O7/c1-19(2)26-13-14(27-19)16-18(29-20(3,4)28-16)25-15(13)17(24)22-21-12(23)10-11-8-6-5-7-9-11/h5-9,13-16,18H,10H2,1-4H3,(H,21,23)(H,22,24)/t13-,14-,15-,16-,18+/m1/s1. The second-order valence-electron chi connectivity index (χ2n) is 8.29. The van der Waals surface area contributed by atoms with Crippen LogP contribution < -0.4 is 10.9 Å². The maximum absolute atomic E-state index is 12.8. The van der Waals surface area contributed by atoms with Gasteiger partial charge in [0.05, 0.1) is 6.42 Å². The fraction of sp³-hybridized carbons (Fsp3) is 0.600. The zero-order chi connectivity index (χ0) is 20.8. The number of carbonyl (C=O) groups excluding carboxylic acids is 2. The summed E-state index contributed by atoms with van der Waals surface area (Å²) in [6.45, 7) is 7.06. The molecule has 3 saturated heterocycles. The smallest absolute Gasteiger partial charge is 0.270 e. The normalized spacial score (nSPS) is 34.1. The Morgan fingerprint density at radius 2 is 1.48 bits per heavy atom. The van der Waals surface area contributed by atoms with Crippen LogP contribution in [0.25, 0.3) is 0 Å². The second kappa shape index (κ2) is 7.33. The number of benzene rings is 1. The van der Waals surface area contributed by atoms with Gasteiger partial charge in [0, 0.05) is 0 Å². The van der Waals surface area contributed by atoms with E-state index >= 15 is 0 Å². The number of amides is 2. The second-order valence-corrected chi connectivity index (χ2v) is 8.29. The predicted octanol–water partition coefficient (Wildman–Crippen LogP) is 0.773. The molecule has 3 heterocycles. The third-order valence-corrected chi connectivity index (χ3v) is 4.95. The minimum atomic E-state index is -1.03. The Morgan fingerprint density at radius 3 is 2.21 bits per heavy atom. The van der Waals surface area contributed by atoms with Crippen molar-refractivity contribution in [1.29, 1.82) is 0 Å². The van der Waals surface area contributed by atoms with E-state index in [0.29, 0.717) is 0 Å². The SMILES string of the molecule is CC1(C)O[C@@H]2[C@@H](O1)[C@H](C(=O)NNC(=O)Cc1ccccc1)O[C@H]1OC(C)(C)O[C@@H]12. The van der Waals surface area contributed by atoms with Crippen LogP contribution in [-0.2, 0) is 39.7 Å². The molecule has 3 aliphatic rings. The largest absolute Gasteiger partial charge is 0.342 e. The van der Waals surface area contributed by atoms with E-state index in [1.807, 2.05) is 30.3 Å². The monoisotopic (exact) mass is 406 g/mol. The Balaban J connectivity index is 1.41. The van der Waals surface area contributed by atoms with Crippen LogP contribution in [0.1, 0.15) is 33.3 Å². The molecule has 2 amide bonds. The van der Waals surface area contributed by atoms with Gasteiger partial charge in [-0.3, -0.25) is 20.4 Å². The summed E-state index contributed by atoms with van der Waals surface area (Å²) >= 11 is 0. The quantitative estimate of drug-likeness (QED) is 0.715. The number of fused-ring (bicyclic) bond motifs is 3. The zero-order valence-corrected chi connectivity index (χ0v) is 16.8. The van der Waals surface area contributed by atoms with Crippen molar-refractivity contribution in [3.63, 3.8) is 0 Å². The van der Waals surface area contributed by atoms with Gasteiger partial charge >= 0.3 is 0 Å². The summed E-state index contributed by atoms with van der Waals surface area (Å²) in [6.07, 6.45) is -3.43. The lowest BCUT2D eigenvalue weighted by Gasteiger charge is -2.36. The molecule has 5 atom stereocenters. The molecule has 0 radical (unpaired) electrons. The van der Waals surface area contributed by atoms with Crippen molar-refractivity contribution in [2.24, 2.45) is 0 Å². The van der Waals surface area contributed by atoms with Crippen LogP contribution in [0.4, 0.5) is 0 Å². The molecule has 4 rings (SSSR count). The van der Waals surface area contributed by atoms with Gasteiger partial charge in [-0.05, 0) is 33.3 Å². The summed E-state index contributed by atoms with van der Waals surface area (Å²) in [5.41, 5.74) is 5.67. The minimum Gasteiger partial charge on any atom is -0.342 e. The Morgan fingerprint density at radius 1 is 0.862 bits per heavy atom. The van der Waals surface area contributed by atoms with Crippen molar-refractivity contribution >= 4 is 11.8 Å². The fourth-order valence-corrected chi connectivity index (χ4v) is 3.85. The molecule has 3 fully saturated rings. The average molecular weight is 406 g/mol. The molecule has 3 aliphatic heterocycles. The number of nitrogens with one attached hydrogen (secondary N) is 2. The molecule has 9 nitrogen and oxygen atoms in total. The lowest BCUT2D eigenvalue weighted by molar-refractivity contribution is -0.231. The van der Waals surface area contributed by atoms with Gasteiger partial charge in [0.15, 0.2) is 24.0 Å². The highest BCUT2D eigenvalue weighted by Gasteiger charge is 2.62. The lowest BCUT2D eigenvalue weighted by Crippen LogP contribution is -2.61. The lowest BCUT2D eigenvalue weighted by atomic mass is 9.98. The first-order valence-corrected chi connectivity index (χ1v) is 9.63. The number of hydrogen-bond acceptors (Lipinski definition) is 7. The Labute approximate surface area is 168 Å². The first-order chi connectivity index (χ1) is 13.6. The van der Waals surface area contributed by atoms with Gasteiger partial charge in [-0.2, -0.15) is 0 Å². The molecule has 0 saturated carbocycles. The summed E-state index contributed by atoms with van der Waals surface area (Å²) < 4.78 is 29.4. The van der Waals surface area contributed by atoms with E-state index < -0.39 is 48.2 Å². The van der Waals surface area contributed by atoms with Crippen molar-refractivity contribution in [2.45, 2.75) is 76.4 Å². The van der Waals surface area contributed by atoms with E-state index in [4.69, 9.17) is 23.7 Å². The Bertz CT molecular complexity index is 782. The average Bonchev–Trinajstić information content (AvgIpc) is 3.13. The molecule has 0 spiro atoms. The van der Waals surface area contributed by atoms with Crippen LogP contribution >= 0.6 is 0 Å². The van der Waals surface area contributed by atoms with E-state index in [-0.39, 0.29) is 12.3 Å². The van der Waals surface area contributed by atoms with Gasteiger partial charge in [0.2, 0.25) is 5.91 Å². The van der Waals surface area contributed by atoms with Crippen LogP contribution in [0, 0.1) is 0 Å². The molecular weight excluding hydrogens is 380 g/mol. The van der Waals surface area contributed by atoms with Crippen LogP contribution in [0.5, 0.6) is 0 Å². The maximum atomic E-state index is 12.8. The van der Waals surface area contributed by atoms with Crippen molar-refractivity contribution in [2.75, 3.05) is 0 Å². The highest BCUT2D eigenvalue weighted by atomic mass is 16.9. The summed E-state index contributed by atoms with van der Waals surface area (Å²) in [7, 11) is 0. The van der Waals surface area contributed by atoms with E-state index in [1.165, 1.54) is 0 Å². The summed E-state index contributed by atoms with van der Waals surface area (Å²) in [6, 6.07) is 9.23. The van der Waals surface area contributed by atoms with Gasteiger partial charge in [-0.15, -0.1) is 0 Å². The molecule has 0 aliphatic carbocycles. The number of hydrogen-bond donors (Lipinski definition) is 2. The fourth-order valence-electron chi connectivity index (χ4n) is 3.85. The minimum absolute atomic E-state index is 0.140. The van der Waals surface area contributed by atoms with Crippen molar-refractivity contribution < 1.29 is 33.3 Å². The molecule has 0 unspecified atom stereocenters. The zero-order valence-electron chi connectivity index (χ0n) is 16.8. The summed E-state index contributed by atoms with van der Waals surface area (Å²) in [4.78, 5) is 24.9. The van der Waals surface area contributed by atoms with Gasteiger partial charge in [0.25, 0.3) is 5.91 Å². The number of carbonyl (C=O) groups is 2.